The highest BCUT2D eigenvalue weighted by atomic mass is 16.5. The first kappa shape index (κ1) is 18.2. The van der Waals surface area contributed by atoms with Crippen LogP contribution in [0.4, 0.5) is 11.5 Å². The van der Waals surface area contributed by atoms with E-state index in [2.05, 4.69) is 21.3 Å². The van der Waals surface area contributed by atoms with Crippen LogP contribution in [-0.2, 0) is 4.74 Å². The van der Waals surface area contributed by atoms with Gasteiger partial charge in [0.05, 0.1) is 36.1 Å². The van der Waals surface area contributed by atoms with Crippen LogP contribution in [0.5, 0.6) is 11.5 Å². The lowest BCUT2D eigenvalue weighted by atomic mass is 10.0. The Morgan fingerprint density at radius 3 is 2.63 bits per heavy atom. The number of amides is 1. The molecule has 1 fully saturated rings. The number of ether oxygens (including phenoxy) is 2. The summed E-state index contributed by atoms with van der Waals surface area (Å²) < 4.78 is 11.4. The molecule has 3 heterocycles. The molecule has 0 unspecified atom stereocenters. The summed E-state index contributed by atoms with van der Waals surface area (Å²) >= 11 is 0. The van der Waals surface area contributed by atoms with Gasteiger partial charge in [-0.05, 0) is 53.6 Å². The van der Waals surface area contributed by atoms with Crippen molar-refractivity contribution in [3.8, 4) is 28.7 Å². The molecule has 148 valence electrons. The molecule has 5 rings (SSSR count). The third-order valence-electron chi connectivity index (χ3n) is 5.21. The van der Waals surface area contributed by atoms with Gasteiger partial charge in [-0.3, -0.25) is 4.79 Å². The zero-order chi connectivity index (χ0) is 20.5. The van der Waals surface area contributed by atoms with E-state index in [-0.39, 0.29) is 5.91 Å². The first-order valence-electron chi connectivity index (χ1n) is 9.68. The monoisotopic (exact) mass is 398 g/mol. The smallest absolute Gasteiger partial charge is 0.259 e. The van der Waals surface area contributed by atoms with Gasteiger partial charge in [0.15, 0.2) is 5.75 Å². The summed E-state index contributed by atoms with van der Waals surface area (Å²) in [5.74, 6) is 1.60. The van der Waals surface area contributed by atoms with Gasteiger partial charge in [0.2, 0.25) is 0 Å². The number of rotatable bonds is 2. The summed E-state index contributed by atoms with van der Waals surface area (Å²) in [7, 11) is 0. The number of carbonyl (C=O) groups excluding carboxylic acids is 1. The van der Waals surface area contributed by atoms with Crippen molar-refractivity contribution in [1.82, 2.24) is 4.98 Å². The summed E-state index contributed by atoms with van der Waals surface area (Å²) in [6.07, 6.45) is 1.78. The minimum atomic E-state index is -0.275. The Kier molecular flexibility index (Phi) is 4.54. The molecule has 30 heavy (non-hydrogen) atoms. The Hall–Kier alpha value is -3.89. The predicted molar refractivity (Wildman–Crippen MR) is 112 cm³/mol. The van der Waals surface area contributed by atoms with Gasteiger partial charge in [0, 0.05) is 19.3 Å². The molecular weight excluding hydrogens is 380 g/mol. The maximum Gasteiger partial charge on any atom is 0.259 e. The van der Waals surface area contributed by atoms with Crippen LogP contribution in [0, 0.1) is 11.3 Å². The Balaban J connectivity index is 1.49. The largest absolute Gasteiger partial charge is 0.454 e. The molecule has 7 nitrogen and oxygen atoms in total. The zero-order valence-electron chi connectivity index (χ0n) is 16.1. The Bertz CT molecular complexity index is 1180. The van der Waals surface area contributed by atoms with Crippen LogP contribution in [0.1, 0.15) is 15.9 Å². The normalized spacial score (nSPS) is 15.2. The van der Waals surface area contributed by atoms with Crippen molar-refractivity contribution < 1.29 is 14.3 Å². The molecule has 2 aliphatic rings. The first-order chi connectivity index (χ1) is 14.7. The van der Waals surface area contributed by atoms with E-state index in [4.69, 9.17) is 14.7 Å². The summed E-state index contributed by atoms with van der Waals surface area (Å²) in [6.45, 7) is 2.99. The number of carbonyl (C=O) groups is 1. The van der Waals surface area contributed by atoms with E-state index in [1.54, 1.807) is 30.5 Å². The number of fused-ring (bicyclic) bond motifs is 2. The second-order valence-corrected chi connectivity index (χ2v) is 7.09. The van der Waals surface area contributed by atoms with Crippen molar-refractivity contribution in [2.75, 3.05) is 36.5 Å². The molecule has 7 heteroatoms. The number of nitrogens with zero attached hydrogens (tertiary/aromatic N) is 3. The fraction of sp³-hybridized carbons (Fsp3) is 0.174. The van der Waals surface area contributed by atoms with Crippen molar-refractivity contribution in [2.45, 2.75) is 0 Å². The van der Waals surface area contributed by atoms with Crippen LogP contribution >= 0.6 is 0 Å². The van der Waals surface area contributed by atoms with Gasteiger partial charge in [-0.15, -0.1) is 0 Å². The number of hydrogen-bond donors (Lipinski definition) is 1. The van der Waals surface area contributed by atoms with Crippen molar-refractivity contribution in [3.63, 3.8) is 0 Å². The maximum absolute atomic E-state index is 12.9. The van der Waals surface area contributed by atoms with E-state index in [9.17, 15) is 4.79 Å². The quantitative estimate of drug-likeness (QED) is 0.706. The van der Waals surface area contributed by atoms with Crippen molar-refractivity contribution in [3.05, 3.63) is 65.9 Å². The topological polar surface area (TPSA) is 87.5 Å². The van der Waals surface area contributed by atoms with Crippen molar-refractivity contribution >= 4 is 17.4 Å². The molecule has 0 aliphatic carbocycles. The van der Waals surface area contributed by atoms with Crippen LogP contribution in [0.3, 0.4) is 0 Å². The standard InChI is InChI=1S/C23H18N4O3/c24-14-15-1-3-21-19(11-15)26-23(28)18-12-16(2-4-20(18)30-21)17-5-6-25-22(13-17)27-7-9-29-10-8-27/h1-6,11-13H,7-10H2,(H,26,28). The summed E-state index contributed by atoms with van der Waals surface area (Å²) in [5.41, 5.74) is 3.24. The molecule has 2 aliphatic heterocycles. The van der Waals surface area contributed by atoms with Crippen LogP contribution in [-0.4, -0.2) is 37.2 Å². The van der Waals surface area contributed by atoms with Gasteiger partial charge in [0.1, 0.15) is 11.6 Å². The highest BCUT2D eigenvalue weighted by Gasteiger charge is 2.22. The summed E-state index contributed by atoms with van der Waals surface area (Å²) in [5, 5.41) is 12.0. The third-order valence-corrected chi connectivity index (χ3v) is 5.21. The molecule has 0 spiro atoms. The number of hydrogen-bond acceptors (Lipinski definition) is 6. The number of anilines is 2. The van der Waals surface area contributed by atoms with E-state index in [1.807, 2.05) is 24.3 Å². The number of nitriles is 1. The molecule has 1 saturated heterocycles. The highest BCUT2D eigenvalue weighted by Crippen LogP contribution is 2.38. The second-order valence-electron chi connectivity index (χ2n) is 7.09. The second kappa shape index (κ2) is 7.50. The summed E-state index contributed by atoms with van der Waals surface area (Å²) in [6, 6.07) is 16.5. The van der Waals surface area contributed by atoms with E-state index in [0.717, 1.165) is 30.0 Å². The highest BCUT2D eigenvalue weighted by molar-refractivity contribution is 6.08. The lowest BCUT2D eigenvalue weighted by Crippen LogP contribution is -2.36. The van der Waals surface area contributed by atoms with E-state index in [0.29, 0.717) is 41.5 Å². The van der Waals surface area contributed by atoms with Crippen molar-refractivity contribution in [1.29, 1.82) is 5.26 Å². The number of benzene rings is 2. The molecule has 0 bridgehead atoms. The van der Waals surface area contributed by atoms with Gasteiger partial charge in [-0.2, -0.15) is 5.26 Å². The molecule has 0 atom stereocenters. The fourth-order valence-electron chi connectivity index (χ4n) is 3.63. The van der Waals surface area contributed by atoms with Crippen LogP contribution in [0.15, 0.2) is 54.7 Å². The fourth-order valence-corrected chi connectivity index (χ4v) is 3.63. The maximum atomic E-state index is 12.9. The SMILES string of the molecule is N#Cc1ccc2c(c1)NC(=O)c1cc(-c3ccnc(N4CCOCC4)c3)ccc1O2. The van der Waals surface area contributed by atoms with Gasteiger partial charge in [-0.1, -0.05) is 6.07 Å². The van der Waals surface area contributed by atoms with Crippen LogP contribution in [0.2, 0.25) is 0 Å². The lowest BCUT2D eigenvalue weighted by molar-refractivity contribution is 0.102. The van der Waals surface area contributed by atoms with E-state index >= 15 is 0 Å². The lowest BCUT2D eigenvalue weighted by Gasteiger charge is -2.28. The number of morpholine rings is 1. The number of nitrogens with one attached hydrogen (secondary N) is 1. The van der Waals surface area contributed by atoms with E-state index < -0.39 is 0 Å². The molecular formula is C23H18N4O3. The Morgan fingerprint density at radius 1 is 1.00 bits per heavy atom. The molecule has 1 amide bonds. The predicted octanol–water partition coefficient (Wildman–Crippen LogP) is 3.81. The minimum Gasteiger partial charge on any atom is -0.454 e. The van der Waals surface area contributed by atoms with Crippen molar-refractivity contribution in [2.24, 2.45) is 0 Å². The molecule has 2 aromatic carbocycles. The molecule has 0 radical (unpaired) electrons. The Labute approximate surface area is 173 Å². The van der Waals surface area contributed by atoms with Gasteiger partial charge in [0.25, 0.3) is 5.91 Å². The average molecular weight is 398 g/mol. The average Bonchev–Trinajstić information content (AvgIpc) is 2.94. The van der Waals surface area contributed by atoms with Crippen LogP contribution in [0.25, 0.3) is 11.1 Å². The third kappa shape index (κ3) is 3.34. The van der Waals surface area contributed by atoms with Crippen LogP contribution < -0.4 is 15.0 Å². The minimum absolute atomic E-state index is 0.275. The molecule has 0 saturated carbocycles. The van der Waals surface area contributed by atoms with E-state index in [1.165, 1.54) is 0 Å². The molecule has 3 aromatic rings. The molecule has 1 aromatic heterocycles. The first-order valence-corrected chi connectivity index (χ1v) is 9.68. The summed E-state index contributed by atoms with van der Waals surface area (Å²) in [4.78, 5) is 19.5. The molecule has 1 N–H and O–H groups in total. The van der Waals surface area contributed by atoms with Gasteiger partial charge < -0.3 is 19.7 Å². The number of aromatic nitrogens is 1. The number of pyridine rings is 1. The Morgan fingerprint density at radius 2 is 1.80 bits per heavy atom. The van der Waals surface area contributed by atoms with Gasteiger partial charge in [-0.25, -0.2) is 4.98 Å². The van der Waals surface area contributed by atoms with Gasteiger partial charge >= 0.3 is 0 Å². The zero-order valence-corrected chi connectivity index (χ0v) is 16.1.